The van der Waals surface area contributed by atoms with E-state index in [1.165, 1.54) is 16.6 Å². The number of thioether (sulfide) groups is 1. The van der Waals surface area contributed by atoms with Crippen LogP contribution >= 0.6 is 11.8 Å². The van der Waals surface area contributed by atoms with E-state index in [0.717, 1.165) is 23.6 Å². The van der Waals surface area contributed by atoms with Gasteiger partial charge in [0.25, 0.3) is 0 Å². The number of sulfonamides is 1. The van der Waals surface area contributed by atoms with Crippen LogP contribution in [0.3, 0.4) is 0 Å². The van der Waals surface area contributed by atoms with Gasteiger partial charge in [-0.1, -0.05) is 6.07 Å². The number of halogens is 3. The summed E-state index contributed by atoms with van der Waals surface area (Å²) in [5, 5.41) is 3.53. The second kappa shape index (κ2) is 7.61. The highest BCUT2D eigenvalue weighted by molar-refractivity contribution is 7.99. The second-order valence-electron chi connectivity index (χ2n) is 5.84. The van der Waals surface area contributed by atoms with Crippen LogP contribution < -0.4 is 5.32 Å². The molecule has 0 unspecified atom stereocenters. The highest BCUT2D eigenvalue weighted by Crippen LogP contribution is 2.32. The molecule has 1 N–H and O–H groups in total. The lowest BCUT2D eigenvalue weighted by atomic mass is 10.1. The first-order chi connectivity index (χ1) is 12.3. The summed E-state index contributed by atoms with van der Waals surface area (Å²) < 4.78 is 64.6. The summed E-state index contributed by atoms with van der Waals surface area (Å²) in [7, 11) is -3.34. The lowest BCUT2D eigenvalue weighted by Crippen LogP contribution is -2.40. The van der Waals surface area contributed by atoms with Gasteiger partial charge in [0, 0.05) is 48.4 Å². The normalized spacial score (nSPS) is 16.7. The predicted octanol–water partition coefficient (Wildman–Crippen LogP) is 3.04. The monoisotopic (exact) mass is 405 g/mol. The molecule has 0 amide bonds. The van der Waals surface area contributed by atoms with Gasteiger partial charge in [-0.25, -0.2) is 12.7 Å². The van der Waals surface area contributed by atoms with Gasteiger partial charge in [-0.15, -0.1) is 0 Å². The summed E-state index contributed by atoms with van der Waals surface area (Å²) in [5.74, 6) is 1.52. The number of hydrogen-bond donors (Lipinski definition) is 1. The van der Waals surface area contributed by atoms with E-state index < -0.39 is 21.8 Å². The third-order valence-corrected chi connectivity index (χ3v) is 6.92. The molecule has 0 bridgehead atoms. The fourth-order valence-electron chi connectivity index (χ4n) is 2.75. The van der Waals surface area contributed by atoms with Crippen molar-refractivity contribution in [1.82, 2.24) is 9.29 Å². The minimum atomic E-state index is -4.43. The van der Waals surface area contributed by atoms with E-state index in [1.807, 2.05) is 0 Å². The van der Waals surface area contributed by atoms with Crippen LogP contribution in [-0.2, 0) is 16.2 Å². The number of aromatic nitrogens is 1. The molecule has 1 aliphatic rings. The molecule has 142 valence electrons. The summed E-state index contributed by atoms with van der Waals surface area (Å²) >= 11 is 1.73. The molecule has 1 aliphatic heterocycles. The van der Waals surface area contributed by atoms with Crippen LogP contribution in [0.5, 0.6) is 0 Å². The van der Waals surface area contributed by atoms with E-state index in [0.29, 0.717) is 24.2 Å². The summed E-state index contributed by atoms with van der Waals surface area (Å²) in [4.78, 5) is 3.98. The Bertz CT molecular complexity index is 882. The van der Waals surface area contributed by atoms with Gasteiger partial charge < -0.3 is 5.32 Å². The molecular weight excluding hydrogens is 387 g/mol. The highest BCUT2D eigenvalue weighted by atomic mass is 32.2. The van der Waals surface area contributed by atoms with E-state index in [9.17, 15) is 21.6 Å². The highest BCUT2D eigenvalue weighted by Gasteiger charge is 2.30. The molecule has 1 aromatic carbocycles. The van der Waals surface area contributed by atoms with Crippen molar-refractivity contribution in [2.24, 2.45) is 0 Å². The molecule has 0 spiro atoms. The molecule has 1 saturated heterocycles. The van der Waals surface area contributed by atoms with Gasteiger partial charge in [0.1, 0.15) is 0 Å². The van der Waals surface area contributed by atoms with Gasteiger partial charge in [-0.05, 0) is 18.2 Å². The molecule has 0 atom stereocenters. The van der Waals surface area contributed by atoms with E-state index in [1.54, 1.807) is 17.8 Å². The maximum Gasteiger partial charge on any atom is 0.416 e. The van der Waals surface area contributed by atoms with Crippen LogP contribution in [0.4, 0.5) is 18.9 Å². The Hall–Kier alpha value is -1.52. The summed E-state index contributed by atoms with van der Waals surface area (Å²) in [6.45, 7) is 1.21. The number of pyridine rings is 1. The van der Waals surface area contributed by atoms with Crippen molar-refractivity contribution in [2.45, 2.75) is 6.18 Å². The molecule has 0 aliphatic carbocycles. The molecule has 10 heteroatoms. The lowest BCUT2D eigenvalue weighted by molar-refractivity contribution is -0.137. The number of alkyl halides is 3. The van der Waals surface area contributed by atoms with Crippen molar-refractivity contribution in [3.63, 3.8) is 0 Å². The zero-order valence-electron chi connectivity index (χ0n) is 13.8. The first-order valence-electron chi connectivity index (χ1n) is 8.03. The average molecular weight is 405 g/mol. The van der Waals surface area contributed by atoms with Crippen LogP contribution in [0.25, 0.3) is 10.9 Å². The van der Waals surface area contributed by atoms with Crippen molar-refractivity contribution in [3.8, 4) is 0 Å². The second-order valence-corrected chi connectivity index (χ2v) is 9.16. The van der Waals surface area contributed by atoms with Crippen LogP contribution in [0.2, 0.25) is 0 Å². The van der Waals surface area contributed by atoms with Gasteiger partial charge in [0.05, 0.1) is 16.8 Å². The van der Waals surface area contributed by atoms with Crippen LogP contribution in [0, 0.1) is 0 Å². The fourth-order valence-corrected chi connectivity index (χ4v) is 5.24. The third-order valence-electron chi connectivity index (χ3n) is 4.11. The molecule has 2 heterocycles. The van der Waals surface area contributed by atoms with Crippen molar-refractivity contribution in [3.05, 3.63) is 36.0 Å². The topological polar surface area (TPSA) is 62.3 Å². The van der Waals surface area contributed by atoms with Crippen molar-refractivity contribution in [2.75, 3.05) is 42.2 Å². The molecule has 2 aromatic rings. The smallest absolute Gasteiger partial charge is 0.383 e. The van der Waals surface area contributed by atoms with Crippen LogP contribution in [0.15, 0.2) is 30.5 Å². The number of nitrogens with one attached hydrogen (secondary N) is 1. The molecule has 5 nitrogen and oxygen atoms in total. The minimum Gasteiger partial charge on any atom is -0.383 e. The quantitative estimate of drug-likeness (QED) is 0.829. The van der Waals surface area contributed by atoms with Gasteiger partial charge in [-0.2, -0.15) is 24.9 Å². The number of fused-ring (bicyclic) bond motifs is 1. The molecule has 1 fully saturated rings. The first-order valence-corrected chi connectivity index (χ1v) is 10.8. The van der Waals surface area contributed by atoms with Gasteiger partial charge in [0.2, 0.25) is 10.0 Å². The third kappa shape index (κ3) is 4.41. The predicted molar refractivity (Wildman–Crippen MR) is 97.9 cm³/mol. The van der Waals surface area contributed by atoms with E-state index in [-0.39, 0.29) is 17.8 Å². The largest absolute Gasteiger partial charge is 0.416 e. The molecule has 0 radical (unpaired) electrons. The van der Waals surface area contributed by atoms with E-state index in [2.05, 4.69) is 10.3 Å². The van der Waals surface area contributed by atoms with Gasteiger partial charge in [-0.3, -0.25) is 4.98 Å². The SMILES string of the molecule is O=S(=O)(CCNc1ccnc2cc(C(F)(F)F)ccc12)N1CCSCC1. The van der Waals surface area contributed by atoms with Crippen molar-refractivity contribution in [1.29, 1.82) is 0 Å². The number of benzene rings is 1. The van der Waals surface area contributed by atoms with Gasteiger partial charge >= 0.3 is 6.18 Å². The number of rotatable bonds is 5. The summed E-state index contributed by atoms with van der Waals surface area (Å²) in [6.07, 6.45) is -3.03. The van der Waals surface area contributed by atoms with E-state index in [4.69, 9.17) is 0 Å². The Kier molecular flexibility index (Phi) is 5.64. The molecule has 1 aromatic heterocycles. The maximum atomic E-state index is 12.8. The first kappa shape index (κ1) is 19.2. The van der Waals surface area contributed by atoms with Crippen molar-refractivity contribution >= 4 is 38.4 Å². The Morgan fingerprint density at radius 2 is 1.92 bits per heavy atom. The number of hydrogen-bond acceptors (Lipinski definition) is 5. The van der Waals surface area contributed by atoms with E-state index >= 15 is 0 Å². The summed E-state index contributed by atoms with van der Waals surface area (Å²) in [6, 6.07) is 4.96. The standard InChI is InChI=1S/C16H18F3N3O2S2/c17-16(18,19)12-1-2-13-14(3-4-20-15(13)11-12)21-5-10-26(23,24)22-6-8-25-9-7-22/h1-4,11H,5-10H2,(H,20,21). The summed E-state index contributed by atoms with van der Waals surface area (Å²) in [5.41, 5.74) is 0.00839. The Balaban J connectivity index is 1.71. The fraction of sp³-hybridized carbons (Fsp3) is 0.438. The van der Waals surface area contributed by atoms with Gasteiger partial charge in [0.15, 0.2) is 0 Å². The lowest BCUT2D eigenvalue weighted by Gasteiger charge is -2.25. The average Bonchev–Trinajstić information content (AvgIpc) is 2.61. The van der Waals surface area contributed by atoms with Crippen LogP contribution in [0.1, 0.15) is 5.56 Å². The zero-order chi connectivity index (χ0) is 18.8. The zero-order valence-corrected chi connectivity index (χ0v) is 15.4. The maximum absolute atomic E-state index is 12.8. The molecular formula is C16H18F3N3O2S2. The Morgan fingerprint density at radius 1 is 1.19 bits per heavy atom. The number of anilines is 1. The molecule has 0 saturated carbocycles. The van der Waals surface area contributed by atoms with Crippen molar-refractivity contribution < 1.29 is 21.6 Å². The van der Waals surface area contributed by atoms with Crippen LogP contribution in [-0.4, -0.2) is 54.6 Å². The molecule has 3 rings (SSSR count). The number of nitrogens with zero attached hydrogens (tertiary/aromatic N) is 2. The Labute approximate surface area is 154 Å². The Morgan fingerprint density at radius 3 is 2.62 bits per heavy atom. The minimum absolute atomic E-state index is 0.0673. The molecule has 26 heavy (non-hydrogen) atoms.